The molecule has 0 aromatic heterocycles. The van der Waals surface area contributed by atoms with Gasteiger partial charge >= 0.3 is 0 Å². The van der Waals surface area contributed by atoms with Crippen LogP contribution < -0.4 is 0 Å². The van der Waals surface area contributed by atoms with Crippen LogP contribution in [0.2, 0.25) is 0 Å². The molecule has 1 heterocycles. The van der Waals surface area contributed by atoms with Crippen LogP contribution in [-0.4, -0.2) is 55.0 Å². The normalized spacial score (nSPS) is 19.8. The predicted molar refractivity (Wildman–Crippen MR) is 66.3 cm³/mol. The van der Waals surface area contributed by atoms with E-state index in [4.69, 9.17) is 4.74 Å². The van der Waals surface area contributed by atoms with Crippen LogP contribution >= 0.6 is 0 Å². The van der Waals surface area contributed by atoms with E-state index in [-0.39, 0.29) is 11.8 Å². The maximum Gasteiger partial charge on any atom is 0.217 e. The van der Waals surface area contributed by atoms with E-state index >= 15 is 0 Å². The van der Waals surface area contributed by atoms with E-state index < -0.39 is 15.6 Å². The van der Waals surface area contributed by atoms with Gasteiger partial charge in [0.2, 0.25) is 10.0 Å². The molecule has 0 saturated carbocycles. The van der Waals surface area contributed by atoms with Gasteiger partial charge in [-0.05, 0) is 26.7 Å². The van der Waals surface area contributed by atoms with Gasteiger partial charge in [0.15, 0.2) is 0 Å². The molecule has 5 nitrogen and oxygen atoms in total. The molecule has 17 heavy (non-hydrogen) atoms. The molecule has 1 saturated heterocycles. The van der Waals surface area contributed by atoms with E-state index in [0.29, 0.717) is 32.6 Å². The van der Waals surface area contributed by atoms with E-state index in [1.165, 1.54) is 4.31 Å². The van der Waals surface area contributed by atoms with Crippen molar-refractivity contribution in [2.24, 2.45) is 0 Å². The summed E-state index contributed by atoms with van der Waals surface area (Å²) >= 11 is 0. The van der Waals surface area contributed by atoms with Gasteiger partial charge in [-0.15, -0.1) is 0 Å². The summed E-state index contributed by atoms with van der Waals surface area (Å²) in [4.78, 5) is 0. The van der Waals surface area contributed by atoms with Crippen LogP contribution in [0.15, 0.2) is 0 Å². The Bertz CT molecular complexity index is 328. The molecular weight excluding hydrogens is 242 g/mol. The van der Waals surface area contributed by atoms with Crippen LogP contribution in [0.3, 0.4) is 0 Å². The first-order valence-electron chi connectivity index (χ1n) is 6.06. The second-order valence-corrected chi connectivity index (χ2v) is 7.31. The molecule has 1 fully saturated rings. The number of hydrogen-bond donors (Lipinski definition) is 1. The van der Waals surface area contributed by atoms with E-state index in [2.05, 4.69) is 0 Å². The molecule has 0 unspecified atom stereocenters. The topological polar surface area (TPSA) is 66.8 Å². The summed E-state index contributed by atoms with van der Waals surface area (Å²) < 4.78 is 31.3. The Labute approximate surface area is 104 Å². The van der Waals surface area contributed by atoms with Crippen molar-refractivity contribution in [3.8, 4) is 0 Å². The first-order chi connectivity index (χ1) is 7.77. The van der Waals surface area contributed by atoms with Crippen molar-refractivity contribution in [1.29, 1.82) is 0 Å². The Kier molecular flexibility index (Phi) is 4.95. The van der Waals surface area contributed by atoms with E-state index in [1.54, 1.807) is 20.8 Å². The molecule has 0 radical (unpaired) electrons. The summed E-state index contributed by atoms with van der Waals surface area (Å²) in [6.45, 7) is 6.58. The monoisotopic (exact) mass is 265 g/mol. The molecule has 1 N–H and O–H groups in total. The Morgan fingerprint density at radius 2 is 1.88 bits per heavy atom. The lowest BCUT2D eigenvalue weighted by Gasteiger charge is -2.32. The van der Waals surface area contributed by atoms with Crippen molar-refractivity contribution in [1.82, 2.24) is 4.31 Å². The van der Waals surface area contributed by atoms with Gasteiger partial charge in [-0.3, -0.25) is 0 Å². The Morgan fingerprint density at radius 3 is 2.29 bits per heavy atom. The number of rotatable bonds is 5. The maximum absolute atomic E-state index is 12.4. The van der Waals surface area contributed by atoms with Gasteiger partial charge in [-0.1, -0.05) is 6.92 Å². The molecule has 0 aliphatic carbocycles. The molecule has 1 aliphatic rings. The zero-order chi connectivity index (χ0) is 13.1. The number of sulfonamides is 1. The minimum atomic E-state index is -3.31. The highest BCUT2D eigenvalue weighted by molar-refractivity contribution is 7.89. The van der Waals surface area contributed by atoms with Gasteiger partial charge in [-0.2, -0.15) is 4.31 Å². The Hall–Kier alpha value is -0.170. The smallest absolute Gasteiger partial charge is 0.217 e. The minimum Gasteiger partial charge on any atom is -0.389 e. The fourth-order valence-corrected chi connectivity index (χ4v) is 4.06. The van der Waals surface area contributed by atoms with Crippen molar-refractivity contribution >= 4 is 10.0 Å². The van der Waals surface area contributed by atoms with Gasteiger partial charge < -0.3 is 9.84 Å². The van der Waals surface area contributed by atoms with Crippen LogP contribution in [-0.2, 0) is 14.8 Å². The average molecular weight is 265 g/mol. The van der Waals surface area contributed by atoms with Gasteiger partial charge in [0.1, 0.15) is 0 Å². The lowest BCUT2D eigenvalue weighted by Crippen LogP contribution is -2.47. The molecule has 1 rings (SSSR count). The van der Waals surface area contributed by atoms with Crippen LogP contribution in [0.4, 0.5) is 0 Å². The summed E-state index contributed by atoms with van der Waals surface area (Å²) in [5, 5.41) is 9.39. The number of nitrogens with zero attached hydrogens (tertiary/aromatic N) is 1. The summed E-state index contributed by atoms with van der Waals surface area (Å²) in [6, 6.07) is 0. The quantitative estimate of drug-likeness (QED) is 0.790. The van der Waals surface area contributed by atoms with Crippen LogP contribution in [0.1, 0.15) is 33.6 Å². The molecule has 102 valence electrons. The predicted octanol–water partition coefficient (Wildman–Crippen LogP) is 0.588. The Morgan fingerprint density at radius 1 is 1.35 bits per heavy atom. The SMILES string of the molecule is CCN(CC(C)(C)O)S(=O)(=O)C1CCOCC1. The molecule has 0 atom stereocenters. The van der Waals surface area contributed by atoms with Crippen LogP contribution in [0, 0.1) is 0 Å². The number of hydrogen-bond acceptors (Lipinski definition) is 4. The molecular formula is C11H23NO4S. The lowest BCUT2D eigenvalue weighted by molar-refractivity contribution is 0.0585. The second kappa shape index (κ2) is 5.65. The molecule has 0 aromatic rings. The van der Waals surface area contributed by atoms with Crippen molar-refractivity contribution < 1.29 is 18.3 Å². The van der Waals surface area contributed by atoms with E-state index in [0.717, 1.165) is 0 Å². The van der Waals surface area contributed by atoms with Crippen molar-refractivity contribution in [2.75, 3.05) is 26.3 Å². The van der Waals surface area contributed by atoms with Gasteiger partial charge in [0.05, 0.1) is 10.9 Å². The third-order valence-corrected chi connectivity index (χ3v) is 5.29. The zero-order valence-electron chi connectivity index (χ0n) is 10.8. The first-order valence-corrected chi connectivity index (χ1v) is 7.57. The molecule has 6 heteroatoms. The summed E-state index contributed by atoms with van der Waals surface area (Å²) in [7, 11) is -3.31. The molecule has 0 spiro atoms. The summed E-state index contributed by atoms with van der Waals surface area (Å²) in [5.41, 5.74) is -1.01. The first kappa shape index (κ1) is 14.9. The van der Waals surface area contributed by atoms with E-state index in [1.807, 2.05) is 0 Å². The lowest BCUT2D eigenvalue weighted by atomic mass is 10.1. The van der Waals surface area contributed by atoms with Gasteiger partial charge in [0, 0.05) is 26.3 Å². The highest BCUT2D eigenvalue weighted by Crippen LogP contribution is 2.21. The van der Waals surface area contributed by atoms with Crippen molar-refractivity contribution in [2.45, 2.75) is 44.5 Å². The number of ether oxygens (including phenoxy) is 1. The number of likely N-dealkylation sites (N-methyl/N-ethyl adjacent to an activating group) is 1. The molecule has 0 bridgehead atoms. The molecule has 0 aromatic carbocycles. The minimum absolute atomic E-state index is 0.142. The van der Waals surface area contributed by atoms with Crippen molar-refractivity contribution in [3.05, 3.63) is 0 Å². The third-order valence-electron chi connectivity index (χ3n) is 2.87. The van der Waals surface area contributed by atoms with Gasteiger partial charge in [-0.25, -0.2) is 8.42 Å². The largest absolute Gasteiger partial charge is 0.389 e. The van der Waals surface area contributed by atoms with Crippen LogP contribution in [0.25, 0.3) is 0 Å². The van der Waals surface area contributed by atoms with Crippen molar-refractivity contribution in [3.63, 3.8) is 0 Å². The standard InChI is InChI=1S/C11H23NO4S/c1-4-12(9-11(2,3)13)17(14,15)10-5-7-16-8-6-10/h10,13H,4-9H2,1-3H3. The number of aliphatic hydroxyl groups is 1. The second-order valence-electron chi connectivity index (χ2n) is 5.10. The highest BCUT2D eigenvalue weighted by Gasteiger charge is 2.34. The fraction of sp³-hybridized carbons (Fsp3) is 1.00. The van der Waals surface area contributed by atoms with Gasteiger partial charge in [0.25, 0.3) is 0 Å². The molecule has 1 aliphatic heterocycles. The maximum atomic E-state index is 12.4. The third kappa shape index (κ3) is 4.21. The fourth-order valence-electron chi connectivity index (χ4n) is 2.00. The van der Waals surface area contributed by atoms with Crippen LogP contribution in [0.5, 0.6) is 0 Å². The average Bonchev–Trinajstić information content (AvgIpc) is 2.25. The molecule has 0 amide bonds. The van der Waals surface area contributed by atoms with E-state index in [9.17, 15) is 13.5 Å². The highest BCUT2D eigenvalue weighted by atomic mass is 32.2. The summed E-state index contributed by atoms with van der Waals surface area (Å²) in [5.74, 6) is 0. The summed E-state index contributed by atoms with van der Waals surface area (Å²) in [6.07, 6.45) is 1.09. The Balaban J connectivity index is 2.78. The zero-order valence-corrected chi connectivity index (χ0v) is 11.7.